The lowest BCUT2D eigenvalue weighted by molar-refractivity contribution is 0.0746. The third-order valence-electron chi connectivity index (χ3n) is 4.83. The van der Waals surface area contributed by atoms with Crippen molar-refractivity contribution in [2.24, 2.45) is 5.92 Å². The highest BCUT2D eigenvalue weighted by atomic mass is 32.1. The maximum atomic E-state index is 12.9. The molecule has 7 nitrogen and oxygen atoms in total. The first-order valence-electron chi connectivity index (χ1n) is 9.13. The molecule has 2 amide bonds. The minimum absolute atomic E-state index is 0.0823. The van der Waals surface area contributed by atoms with Gasteiger partial charge in [0.05, 0.1) is 18.6 Å². The summed E-state index contributed by atoms with van der Waals surface area (Å²) in [5.41, 5.74) is 3.18. The molecular formula is C20H21N5O2S. The number of aromatic amines is 1. The zero-order chi connectivity index (χ0) is 19.7. The lowest BCUT2D eigenvalue weighted by Crippen LogP contribution is -2.32. The number of nitrogens with one attached hydrogen (secondary N) is 2. The first-order chi connectivity index (χ1) is 13.5. The second-order valence-electron chi connectivity index (χ2n) is 7.16. The molecule has 2 aromatic heterocycles. The number of benzene rings is 1. The fourth-order valence-electron chi connectivity index (χ4n) is 3.28. The molecule has 1 aliphatic rings. The van der Waals surface area contributed by atoms with Crippen molar-refractivity contribution in [3.63, 3.8) is 0 Å². The van der Waals surface area contributed by atoms with Crippen LogP contribution in [0.15, 0.2) is 42.2 Å². The molecule has 0 aliphatic carbocycles. The lowest BCUT2D eigenvalue weighted by Gasteiger charge is -2.20. The third-order valence-corrected chi connectivity index (χ3v) is 5.76. The number of carbonyl (C=O) groups is 2. The highest BCUT2D eigenvalue weighted by molar-refractivity contribution is 7.09. The first kappa shape index (κ1) is 18.4. The smallest absolute Gasteiger partial charge is 0.273 e. The minimum atomic E-state index is -0.280. The number of fused-ring (bicyclic) bond motifs is 1. The van der Waals surface area contributed by atoms with Gasteiger partial charge < -0.3 is 15.2 Å². The summed E-state index contributed by atoms with van der Waals surface area (Å²) in [6.45, 7) is 5.23. The Labute approximate surface area is 166 Å². The predicted molar refractivity (Wildman–Crippen MR) is 106 cm³/mol. The Balaban J connectivity index is 1.49. The van der Waals surface area contributed by atoms with Gasteiger partial charge in [-0.15, -0.1) is 11.3 Å². The van der Waals surface area contributed by atoms with E-state index in [1.807, 2.05) is 26.0 Å². The van der Waals surface area contributed by atoms with Crippen LogP contribution in [0.3, 0.4) is 0 Å². The highest BCUT2D eigenvalue weighted by Crippen LogP contribution is 2.28. The van der Waals surface area contributed by atoms with Crippen LogP contribution in [0.25, 0.3) is 0 Å². The number of carbonyl (C=O) groups excluding carboxylic acids is 2. The fraction of sp³-hybridized carbons (Fsp3) is 0.300. The van der Waals surface area contributed by atoms with E-state index in [0.717, 1.165) is 5.01 Å². The normalized spacial score (nSPS) is 14.2. The van der Waals surface area contributed by atoms with Crippen molar-refractivity contribution in [3.05, 3.63) is 69.7 Å². The standard InChI is InChI=1S/C20H21N5O2S/c1-12(2)17(24-18(26)15-7-21-11-22-15)19-23-16(10-28-19)20(27)25-8-13-5-3-4-6-14(13)9-25/h3-7,10-12,17H,8-9H2,1-2H3,(H,21,22)(H,24,26)/t17-/m0/s1. The van der Waals surface area contributed by atoms with Crippen LogP contribution in [-0.2, 0) is 13.1 Å². The molecule has 0 saturated heterocycles. The second-order valence-corrected chi connectivity index (χ2v) is 8.05. The van der Waals surface area contributed by atoms with Crippen LogP contribution in [0, 0.1) is 5.92 Å². The molecule has 144 valence electrons. The largest absolute Gasteiger partial charge is 0.341 e. The number of imidazole rings is 1. The van der Waals surface area contributed by atoms with Gasteiger partial charge in [-0.2, -0.15) is 0 Å². The van der Waals surface area contributed by atoms with E-state index in [1.54, 1.807) is 10.3 Å². The number of aromatic nitrogens is 3. The number of amides is 2. The average Bonchev–Trinajstić information content (AvgIpc) is 3.45. The van der Waals surface area contributed by atoms with Gasteiger partial charge in [0, 0.05) is 18.5 Å². The van der Waals surface area contributed by atoms with Crippen molar-refractivity contribution in [1.29, 1.82) is 0 Å². The molecule has 8 heteroatoms. The summed E-state index contributed by atoms with van der Waals surface area (Å²) in [4.78, 5) is 38.3. The molecule has 4 rings (SSSR count). The van der Waals surface area contributed by atoms with Gasteiger partial charge in [0.15, 0.2) is 0 Å². The van der Waals surface area contributed by atoms with Crippen molar-refractivity contribution in [1.82, 2.24) is 25.2 Å². The molecule has 2 N–H and O–H groups in total. The number of thiazole rings is 1. The van der Waals surface area contributed by atoms with E-state index < -0.39 is 0 Å². The van der Waals surface area contributed by atoms with Crippen molar-refractivity contribution >= 4 is 23.2 Å². The fourth-order valence-corrected chi connectivity index (χ4v) is 4.29. The van der Waals surface area contributed by atoms with Crippen LogP contribution < -0.4 is 5.32 Å². The molecule has 0 spiro atoms. The lowest BCUT2D eigenvalue weighted by atomic mass is 10.1. The molecule has 3 aromatic rings. The van der Waals surface area contributed by atoms with E-state index in [4.69, 9.17) is 0 Å². The van der Waals surface area contributed by atoms with Gasteiger partial charge in [-0.3, -0.25) is 9.59 Å². The van der Waals surface area contributed by atoms with E-state index in [9.17, 15) is 9.59 Å². The van der Waals surface area contributed by atoms with E-state index in [-0.39, 0.29) is 23.8 Å². The van der Waals surface area contributed by atoms with Crippen LogP contribution >= 0.6 is 11.3 Å². The Morgan fingerprint density at radius 3 is 2.54 bits per heavy atom. The van der Waals surface area contributed by atoms with Crippen LogP contribution in [0.1, 0.15) is 57.0 Å². The quantitative estimate of drug-likeness (QED) is 0.694. The number of hydrogen-bond donors (Lipinski definition) is 2. The number of nitrogens with zero attached hydrogens (tertiary/aromatic N) is 3. The molecule has 0 bridgehead atoms. The number of hydrogen-bond acceptors (Lipinski definition) is 5. The predicted octanol–water partition coefficient (Wildman–Crippen LogP) is 3.15. The van der Waals surface area contributed by atoms with E-state index in [0.29, 0.717) is 24.5 Å². The molecule has 0 unspecified atom stereocenters. The van der Waals surface area contributed by atoms with Crippen molar-refractivity contribution < 1.29 is 9.59 Å². The van der Waals surface area contributed by atoms with Gasteiger partial charge in [0.25, 0.3) is 11.8 Å². The third kappa shape index (κ3) is 3.55. The van der Waals surface area contributed by atoms with Gasteiger partial charge in [0.1, 0.15) is 16.4 Å². The SMILES string of the molecule is CC(C)[C@H](NC(=O)c1cnc[nH]1)c1nc(C(=O)N2Cc3ccccc3C2)cs1. The summed E-state index contributed by atoms with van der Waals surface area (Å²) < 4.78 is 0. The summed E-state index contributed by atoms with van der Waals surface area (Å²) in [5, 5.41) is 5.49. The summed E-state index contributed by atoms with van der Waals surface area (Å²) in [6.07, 6.45) is 2.95. The Kier molecular flexibility index (Phi) is 4.95. The van der Waals surface area contributed by atoms with Gasteiger partial charge in [-0.1, -0.05) is 38.1 Å². The zero-order valence-corrected chi connectivity index (χ0v) is 16.5. The molecule has 0 saturated carbocycles. The van der Waals surface area contributed by atoms with E-state index >= 15 is 0 Å². The van der Waals surface area contributed by atoms with Gasteiger partial charge >= 0.3 is 0 Å². The van der Waals surface area contributed by atoms with Crippen molar-refractivity contribution in [3.8, 4) is 0 Å². The molecule has 0 radical (unpaired) electrons. The van der Waals surface area contributed by atoms with Crippen molar-refractivity contribution in [2.75, 3.05) is 0 Å². The van der Waals surface area contributed by atoms with Crippen LogP contribution in [0.5, 0.6) is 0 Å². The molecule has 3 heterocycles. The van der Waals surface area contributed by atoms with Gasteiger partial charge in [0.2, 0.25) is 0 Å². The topological polar surface area (TPSA) is 91.0 Å². The molecular weight excluding hydrogens is 374 g/mol. The number of H-pyrrole nitrogens is 1. The Morgan fingerprint density at radius 2 is 1.93 bits per heavy atom. The monoisotopic (exact) mass is 395 g/mol. The van der Waals surface area contributed by atoms with Crippen molar-refractivity contribution in [2.45, 2.75) is 33.0 Å². The van der Waals surface area contributed by atoms with Crippen LogP contribution in [-0.4, -0.2) is 31.7 Å². The maximum Gasteiger partial charge on any atom is 0.273 e. The summed E-state index contributed by atoms with van der Waals surface area (Å²) in [5.74, 6) is -0.201. The Bertz CT molecular complexity index is 971. The maximum absolute atomic E-state index is 12.9. The summed E-state index contributed by atoms with van der Waals surface area (Å²) in [6, 6.07) is 7.80. The highest BCUT2D eigenvalue weighted by Gasteiger charge is 2.28. The Hall–Kier alpha value is -3.00. The first-order valence-corrected chi connectivity index (χ1v) is 10.0. The molecule has 0 fully saturated rings. The zero-order valence-electron chi connectivity index (χ0n) is 15.7. The molecule has 28 heavy (non-hydrogen) atoms. The molecule has 1 aromatic carbocycles. The van der Waals surface area contributed by atoms with Gasteiger partial charge in [-0.25, -0.2) is 9.97 Å². The van der Waals surface area contributed by atoms with Gasteiger partial charge in [-0.05, 0) is 17.0 Å². The van der Waals surface area contributed by atoms with Crippen LogP contribution in [0.2, 0.25) is 0 Å². The Morgan fingerprint density at radius 1 is 1.21 bits per heavy atom. The van der Waals surface area contributed by atoms with E-state index in [2.05, 4.69) is 32.4 Å². The molecule has 1 atom stereocenters. The van der Waals surface area contributed by atoms with Crippen LogP contribution in [0.4, 0.5) is 0 Å². The average molecular weight is 395 g/mol. The van der Waals surface area contributed by atoms with E-state index in [1.165, 1.54) is 35.0 Å². The summed E-state index contributed by atoms with van der Waals surface area (Å²) >= 11 is 1.40. The molecule has 1 aliphatic heterocycles. The second kappa shape index (κ2) is 7.55. The number of rotatable bonds is 5. The minimum Gasteiger partial charge on any atom is -0.341 e. The summed E-state index contributed by atoms with van der Waals surface area (Å²) in [7, 11) is 0.